The molecule has 0 atom stereocenters. The molecule has 0 radical (unpaired) electrons. The molecular formula is C17H23BO2. The number of hydrogen-bond acceptors (Lipinski definition) is 2. The van der Waals surface area contributed by atoms with E-state index in [4.69, 9.17) is 10.0 Å². The Kier molecular flexibility index (Phi) is 5.15. The van der Waals surface area contributed by atoms with Crippen molar-refractivity contribution in [3.8, 4) is 11.1 Å². The van der Waals surface area contributed by atoms with Crippen LogP contribution in [0.2, 0.25) is 0 Å². The summed E-state index contributed by atoms with van der Waals surface area (Å²) >= 11 is 0. The summed E-state index contributed by atoms with van der Waals surface area (Å²) in [5.74, 6) is 0. The highest BCUT2D eigenvalue weighted by Gasteiger charge is 2.13. The highest BCUT2D eigenvalue weighted by atomic mass is 16.4. The molecule has 0 aliphatic rings. The molecule has 2 nitrogen and oxygen atoms in total. The van der Waals surface area contributed by atoms with Crippen LogP contribution in [0.15, 0.2) is 48.5 Å². The van der Waals surface area contributed by atoms with E-state index in [9.17, 15) is 0 Å². The van der Waals surface area contributed by atoms with Gasteiger partial charge in [0.15, 0.2) is 0 Å². The molecule has 2 aromatic carbocycles. The molecule has 2 aromatic rings. The van der Waals surface area contributed by atoms with Gasteiger partial charge in [0.2, 0.25) is 0 Å². The van der Waals surface area contributed by atoms with Crippen molar-refractivity contribution in [1.29, 1.82) is 0 Å². The molecule has 2 rings (SSSR count). The number of hydrogen-bond donors (Lipinski definition) is 2. The summed E-state index contributed by atoms with van der Waals surface area (Å²) in [5.41, 5.74) is 4.18. The molecule has 0 aliphatic carbocycles. The quantitative estimate of drug-likeness (QED) is 0.824. The predicted molar refractivity (Wildman–Crippen MR) is 87.1 cm³/mol. The van der Waals surface area contributed by atoms with Gasteiger partial charge in [-0.05, 0) is 27.6 Å². The monoisotopic (exact) mass is 270 g/mol. The fourth-order valence-electron chi connectivity index (χ4n) is 2.01. The number of rotatable bonds is 2. The molecule has 20 heavy (non-hydrogen) atoms. The Bertz CT molecular complexity index is 537. The fourth-order valence-corrected chi connectivity index (χ4v) is 2.01. The van der Waals surface area contributed by atoms with E-state index in [-0.39, 0.29) is 12.8 Å². The first-order chi connectivity index (χ1) is 8.88. The van der Waals surface area contributed by atoms with Gasteiger partial charge in [-0.3, -0.25) is 0 Å². The van der Waals surface area contributed by atoms with Gasteiger partial charge in [0, 0.05) is 0 Å². The van der Waals surface area contributed by atoms with Gasteiger partial charge in [-0.2, -0.15) is 0 Å². The van der Waals surface area contributed by atoms with Crippen molar-refractivity contribution in [2.75, 3.05) is 0 Å². The summed E-state index contributed by atoms with van der Waals surface area (Å²) in [5, 5.41) is 18.1. The van der Waals surface area contributed by atoms with Gasteiger partial charge in [-0.1, -0.05) is 76.7 Å². The van der Waals surface area contributed by atoms with E-state index in [0.29, 0.717) is 5.46 Å². The van der Waals surface area contributed by atoms with Crippen molar-refractivity contribution < 1.29 is 10.0 Å². The van der Waals surface area contributed by atoms with E-state index in [1.807, 2.05) is 12.1 Å². The fraction of sp³-hybridized carbons (Fsp3) is 0.294. The van der Waals surface area contributed by atoms with Crippen molar-refractivity contribution in [2.45, 2.75) is 33.6 Å². The van der Waals surface area contributed by atoms with Gasteiger partial charge < -0.3 is 10.0 Å². The molecule has 0 fully saturated rings. The van der Waals surface area contributed by atoms with Gasteiger partial charge in [-0.25, -0.2) is 0 Å². The Morgan fingerprint density at radius 3 is 1.50 bits per heavy atom. The van der Waals surface area contributed by atoms with Gasteiger partial charge in [0.25, 0.3) is 0 Å². The maximum Gasteiger partial charge on any atom is 0.488 e. The van der Waals surface area contributed by atoms with Gasteiger partial charge in [0.05, 0.1) is 0 Å². The van der Waals surface area contributed by atoms with Gasteiger partial charge in [-0.15, -0.1) is 0 Å². The van der Waals surface area contributed by atoms with Crippen LogP contribution in [0.5, 0.6) is 0 Å². The second-order valence-corrected chi connectivity index (χ2v) is 5.82. The molecule has 0 spiro atoms. The van der Waals surface area contributed by atoms with Crippen LogP contribution in [0.1, 0.15) is 33.8 Å². The van der Waals surface area contributed by atoms with Crippen molar-refractivity contribution in [1.82, 2.24) is 0 Å². The van der Waals surface area contributed by atoms with Crippen LogP contribution in [-0.4, -0.2) is 17.2 Å². The summed E-state index contributed by atoms with van der Waals surface area (Å²) in [6, 6.07) is 15.8. The Hall–Kier alpha value is -1.58. The van der Waals surface area contributed by atoms with Crippen LogP contribution >= 0.6 is 0 Å². The van der Waals surface area contributed by atoms with Crippen LogP contribution in [0.3, 0.4) is 0 Å². The minimum Gasteiger partial charge on any atom is -0.423 e. The average molecular weight is 270 g/mol. The molecule has 0 heterocycles. The first kappa shape index (κ1) is 16.5. The molecule has 2 N–H and O–H groups in total. The molecule has 0 amide bonds. The van der Waals surface area contributed by atoms with Crippen LogP contribution < -0.4 is 5.46 Å². The van der Waals surface area contributed by atoms with E-state index in [1.54, 1.807) is 12.1 Å². The second-order valence-electron chi connectivity index (χ2n) is 5.82. The van der Waals surface area contributed by atoms with E-state index >= 15 is 0 Å². The molecule has 0 saturated heterocycles. The summed E-state index contributed by atoms with van der Waals surface area (Å²) in [6.45, 7) is 6.58. The lowest BCUT2D eigenvalue weighted by molar-refractivity contribution is 0.426. The minimum absolute atomic E-state index is 0. The summed E-state index contributed by atoms with van der Waals surface area (Å²) in [4.78, 5) is 0. The highest BCUT2D eigenvalue weighted by molar-refractivity contribution is 6.58. The van der Waals surface area contributed by atoms with Crippen LogP contribution in [0.4, 0.5) is 0 Å². The molecule has 0 unspecified atom stereocenters. The lowest BCUT2D eigenvalue weighted by atomic mass is 9.79. The second kappa shape index (κ2) is 6.25. The third-order valence-corrected chi connectivity index (χ3v) is 3.29. The van der Waals surface area contributed by atoms with E-state index in [1.165, 1.54) is 5.56 Å². The van der Waals surface area contributed by atoms with Crippen molar-refractivity contribution in [3.05, 3.63) is 54.1 Å². The Labute approximate surface area is 122 Å². The van der Waals surface area contributed by atoms with E-state index < -0.39 is 7.12 Å². The Balaban J connectivity index is 0.00000200. The smallest absolute Gasteiger partial charge is 0.423 e. The predicted octanol–water partition coefficient (Wildman–Crippen LogP) is 2.97. The topological polar surface area (TPSA) is 40.5 Å². The van der Waals surface area contributed by atoms with E-state index in [0.717, 1.165) is 11.1 Å². The molecular weight excluding hydrogens is 247 g/mol. The molecule has 0 bridgehead atoms. The van der Waals surface area contributed by atoms with Crippen molar-refractivity contribution in [3.63, 3.8) is 0 Å². The lowest BCUT2D eigenvalue weighted by Crippen LogP contribution is -2.29. The SMILES string of the molecule is C.CC(C)(C)c1ccc(-c2ccc(B(O)O)cc2)cc1. The summed E-state index contributed by atoms with van der Waals surface area (Å²) in [7, 11) is -1.41. The van der Waals surface area contributed by atoms with Crippen molar-refractivity contribution >= 4 is 12.6 Å². The van der Waals surface area contributed by atoms with Crippen LogP contribution in [0, 0.1) is 0 Å². The zero-order valence-electron chi connectivity index (χ0n) is 11.6. The zero-order chi connectivity index (χ0) is 14.0. The molecule has 106 valence electrons. The molecule has 3 heteroatoms. The summed E-state index contributed by atoms with van der Waals surface area (Å²) < 4.78 is 0. The Morgan fingerprint density at radius 1 is 0.750 bits per heavy atom. The van der Waals surface area contributed by atoms with Gasteiger partial charge in [0.1, 0.15) is 0 Å². The lowest BCUT2D eigenvalue weighted by Gasteiger charge is -2.19. The maximum absolute atomic E-state index is 9.07. The highest BCUT2D eigenvalue weighted by Crippen LogP contribution is 2.25. The largest absolute Gasteiger partial charge is 0.488 e. The average Bonchev–Trinajstić information content (AvgIpc) is 2.38. The third kappa shape index (κ3) is 3.72. The first-order valence-electron chi connectivity index (χ1n) is 6.45. The van der Waals surface area contributed by atoms with Gasteiger partial charge >= 0.3 is 7.12 Å². The maximum atomic E-state index is 9.07. The minimum atomic E-state index is -1.41. The van der Waals surface area contributed by atoms with E-state index in [2.05, 4.69) is 45.0 Å². The molecule has 0 saturated carbocycles. The molecule has 0 aromatic heterocycles. The third-order valence-electron chi connectivity index (χ3n) is 3.29. The zero-order valence-corrected chi connectivity index (χ0v) is 11.6. The summed E-state index contributed by atoms with van der Waals surface area (Å²) in [6.07, 6.45) is 0. The molecule has 0 aliphatic heterocycles. The van der Waals surface area contributed by atoms with Crippen LogP contribution in [0.25, 0.3) is 11.1 Å². The standard InChI is InChI=1S/C16H19BO2.CH4/c1-16(2,3)14-8-4-12(5-9-14)13-6-10-15(11-7-13)17(18)19;/h4-11,18-19H,1-3H3;1H4. The van der Waals surface area contributed by atoms with Crippen LogP contribution in [-0.2, 0) is 5.41 Å². The number of benzene rings is 2. The normalized spacial score (nSPS) is 10.8. The Morgan fingerprint density at radius 2 is 1.15 bits per heavy atom. The van der Waals surface area contributed by atoms with Crippen molar-refractivity contribution in [2.24, 2.45) is 0 Å². The first-order valence-corrected chi connectivity index (χ1v) is 6.45.